The Labute approximate surface area is 54.1 Å². The van der Waals surface area contributed by atoms with Crippen molar-refractivity contribution in [2.24, 2.45) is 0 Å². The minimum atomic E-state index is -4.80. The summed E-state index contributed by atoms with van der Waals surface area (Å²) in [6, 6.07) is 0. The summed E-state index contributed by atoms with van der Waals surface area (Å²) in [5.41, 5.74) is 0.524. The number of allylic oxidation sites excluding steroid dienone is 1. The number of rotatable bonds is 1. The minimum absolute atomic E-state index is 0.252. The smallest absolute Gasteiger partial charge is 0.285 e. The third-order valence-electron chi connectivity index (χ3n) is 0.494. The van der Waals surface area contributed by atoms with Gasteiger partial charge in [-0.15, -0.1) is 0 Å². The van der Waals surface area contributed by atoms with Crippen LogP contribution in [0.1, 0.15) is 0 Å². The van der Waals surface area contributed by atoms with Crippen LogP contribution in [0, 0.1) is 0 Å². The summed E-state index contributed by atoms with van der Waals surface area (Å²) >= 11 is 4.70. The first-order valence-corrected chi connectivity index (χ1v) is 2.30. The van der Waals surface area contributed by atoms with Gasteiger partial charge in [0.2, 0.25) is 0 Å². The lowest BCUT2D eigenvalue weighted by molar-refractivity contribution is -0.165. The standard InChI is InChI=1S/C4H2ClF3O/c5-2-1-3(9)4(6,7)8/h1-2H/b2-1+. The van der Waals surface area contributed by atoms with Crippen molar-refractivity contribution in [1.29, 1.82) is 0 Å². The Morgan fingerprint density at radius 1 is 1.44 bits per heavy atom. The molecular weight excluding hydrogens is 156 g/mol. The molecule has 1 nitrogen and oxygen atoms in total. The van der Waals surface area contributed by atoms with Crippen LogP contribution in [0.3, 0.4) is 0 Å². The summed E-state index contributed by atoms with van der Waals surface area (Å²) in [5.74, 6) is -1.95. The van der Waals surface area contributed by atoms with Crippen LogP contribution in [-0.4, -0.2) is 12.0 Å². The molecule has 52 valence electrons. The van der Waals surface area contributed by atoms with Crippen LogP contribution in [0.15, 0.2) is 11.6 Å². The van der Waals surface area contributed by atoms with Gasteiger partial charge in [-0.2, -0.15) is 13.2 Å². The Morgan fingerprint density at radius 2 is 1.89 bits per heavy atom. The lowest BCUT2D eigenvalue weighted by Gasteiger charge is -1.97. The number of halogens is 4. The molecule has 0 atom stereocenters. The van der Waals surface area contributed by atoms with Gasteiger partial charge in [0, 0.05) is 11.6 Å². The van der Waals surface area contributed by atoms with E-state index in [-0.39, 0.29) is 6.08 Å². The second kappa shape index (κ2) is 2.87. The molecule has 0 fully saturated rings. The van der Waals surface area contributed by atoms with Crippen LogP contribution in [0.2, 0.25) is 0 Å². The molecule has 0 N–H and O–H groups in total. The Balaban J connectivity index is 4.06. The van der Waals surface area contributed by atoms with Crippen molar-refractivity contribution >= 4 is 17.4 Å². The van der Waals surface area contributed by atoms with E-state index >= 15 is 0 Å². The predicted molar refractivity (Wildman–Crippen MR) is 26.1 cm³/mol. The van der Waals surface area contributed by atoms with Crippen LogP contribution >= 0.6 is 11.6 Å². The average Bonchev–Trinajstić information content (AvgIpc) is 1.64. The largest absolute Gasteiger partial charge is 0.454 e. The van der Waals surface area contributed by atoms with Gasteiger partial charge in [0.1, 0.15) is 0 Å². The number of hydrogen-bond donors (Lipinski definition) is 0. The molecule has 5 heteroatoms. The van der Waals surface area contributed by atoms with E-state index in [1.807, 2.05) is 0 Å². The van der Waals surface area contributed by atoms with E-state index < -0.39 is 12.0 Å². The van der Waals surface area contributed by atoms with Crippen LogP contribution in [0.25, 0.3) is 0 Å². The van der Waals surface area contributed by atoms with Gasteiger partial charge >= 0.3 is 6.18 Å². The summed E-state index contributed by atoms with van der Waals surface area (Å²) in [6.07, 6.45) is -4.55. The van der Waals surface area contributed by atoms with E-state index in [9.17, 15) is 18.0 Å². The van der Waals surface area contributed by atoms with Gasteiger partial charge in [-0.25, -0.2) is 0 Å². The van der Waals surface area contributed by atoms with Gasteiger partial charge in [0.25, 0.3) is 5.78 Å². The first-order chi connectivity index (χ1) is 3.98. The fourth-order valence-electron chi connectivity index (χ4n) is 0.152. The molecule has 0 spiro atoms. The zero-order chi connectivity index (χ0) is 7.49. The molecule has 0 saturated carbocycles. The number of carbonyl (C=O) groups is 1. The normalized spacial score (nSPS) is 12.4. The molecule has 0 rings (SSSR count). The van der Waals surface area contributed by atoms with Gasteiger partial charge < -0.3 is 0 Å². The van der Waals surface area contributed by atoms with Gasteiger partial charge in [0.15, 0.2) is 0 Å². The van der Waals surface area contributed by atoms with Crippen molar-refractivity contribution in [2.75, 3.05) is 0 Å². The summed E-state index contributed by atoms with van der Waals surface area (Å²) in [5, 5.41) is 0. The number of alkyl halides is 3. The number of ketones is 1. The Morgan fingerprint density at radius 3 is 2.00 bits per heavy atom. The minimum Gasteiger partial charge on any atom is -0.285 e. The summed E-state index contributed by atoms with van der Waals surface area (Å²) in [4.78, 5) is 9.77. The molecule has 0 saturated heterocycles. The third kappa shape index (κ3) is 3.13. The van der Waals surface area contributed by atoms with E-state index in [4.69, 9.17) is 11.6 Å². The molecule has 0 aromatic rings. The van der Waals surface area contributed by atoms with Crippen molar-refractivity contribution in [3.63, 3.8) is 0 Å². The van der Waals surface area contributed by atoms with Crippen molar-refractivity contribution < 1.29 is 18.0 Å². The molecule has 0 aromatic heterocycles. The van der Waals surface area contributed by atoms with Crippen LogP contribution in [0.4, 0.5) is 13.2 Å². The van der Waals surface area contributed by atoms with Crippen LogP contribution in [-0.2, 0) is 4.79 Å². The highest BCUT2D eigenvalue weighted by Gasteiger charge is 2.35. The zero-order valence-corrected chi connectivity index (χ0v) is 4.83. The topological polar surface area (TPSA) is 17.1 Å². The van der Waals surface area contributed by atoms with E-state index in [1.165, 1.54) is 0 Å². The summed E-state index contributed by atoms with van der Waals surface area (Å²) in [6.45, 7) is 0. The highest BCUT2D eigenvalue weighted by molar-refractivity contribution is 6.27. The van der Waals surface area contributed by atoms with Crippen molar-refractivity contribution in [2.45, 2.75) is 6.18 Å². The predicted octanol–water partition coefficient (Wildman–Crippen LogP) is 1.87. The van der Waals surface area contributed by atoms with E-state index in [1.54, 1.807) is 0 Å². The fraction of sp³-hybridized carbons (Fsp3) is 0.250. The fourth-order valence-corrected chi connectivity index (χ4v) is 0.266. The first-order valence-electron chi connectivity index (χ1n) is 1.86. The quantitative estimate of drug-likeness (QED) is 0.533. The van der Waals surface area contributed by atoms with Crippen molar-refractivity contribution in [3.05, 3.63) is 11.6 Å². The van der Waals surface area contributed by atoms with Gasteiger partial charge in [-0.3, -0.25) is 4.79 Å². The highest BCUT2D eigenvalue weighted by atomic mass is 35.5. The molecule has 0 bridgehead atoms. The van der Waals surface area contributed by atoms with Crippen LogP contribution < -0.4 is 0 Å². The van der Waals surface area contributed by atoms with Gasteiger partial charge in [-0.05, 0) is 0 Å². The van der Waals surface area contributed by atoms with E-state index in [0.717, 1.165) is 0 Å². The monoisotopic (exact) mass is 158 g/mol. The van der Waals surface area contributed by atoms with Crippen molar-refractivity contribution in [3.8, 4) is 0 Å². The van der Waals surface area contributed by atoms with Crippen LogP contribution in [0.5, 0.6) is 0 Å². The second-order valence-corrected chi connectivity index (χ2v) is 1.41. The third-order valence-corrected chi connectivity index (χ3v) is 0.620. The van der Waals surface area contributed by atoms with Gasteiger partial charge in [-0.1, -0.05) is 11.6 Å². The maximum Gasteiger partial charge on any atom is 0.454 e. The zero-order valence-electron chi connectivity index (χ0n) is 4.07. The van der Waals surface area contributed by atoms with E-state index in [0.29, 0.717) is 5.54 Å². The maximum atomic E-state index is 11.2. The summed E-state index contributed by atoms with van der Waals surface area (Å²) in [7, 11) is 0. The number of carbonyl (C=O) groups excluding carboxylic acids is 1. The first kappa shape index (κ1) is 8.49. The SMILES string of the molecule is O=C(/C=C/Cl)C(F)(F)F. The molecular formula is C4H2ClF3O. The molecule has 0 radical (unpaired) electrons. The number of hydrogen-bond acceptors (Lipinski definition) is 1. The Bertz CT molecular complexity index is 137. The van der Waals surface area contributed by atoms with Gasteiger partial charge in [0.05, 0.1) is 0 Å². The Kier molecular flexibility index (Phi) is 2.70. The molecule has 0 aromatic carbocycles. The van der Waals surface area contributed by atoms with Crippen molar-refractivity contribution in [1.82, 2.24) is 0 Å². The maximum absolute atomic E-state index is 11.2. The lowest BCUT2D eigenvalue weighted by atomic mass is 10.4. The highest BCUT2D eigenvalue weighted by Crippen LogP contribution is 2.16. The molecule has 0 amide bonds. The second-order valence-electron chi connectivity index (χ2n) is 1.15. The lowest BCUT2D eigenvalue weighted by Crippen LogP contribution is -2.19. The average molecular weight is 159 g/mol. The molecule has 9 heavy (non-hydrogen) atoms. The van der Waals surface area contributed by atoms with E-state index in [2.05, 4.69) is 0 Å². The molecule has 0 aliphatic carbocycles. The summed E-state index contributed by atoms with van der Waals surface area (Å²) < 4.78 is 33.5. The molecule has 0 aliphatic rings. The molecule has 0 aliphatic heterocycles. The molecule has 0 unspecified atom stereocenters. The Hall–Kier alpha value is -0.510. The molecule has 0 heterocycles.